The number of methoxy groups -OCH3 is 1. The van der Waals surface area contributed by atoms with Gasteiger partial charge in [-0.1, -0.05) is 5.21 Å². The Hall–Kier alpha value is -1.88. The van der Waals surface area contributed by atoms with E-state index in [1.54, 1.807) is 11.8 Å². The summed E-state index contributed by atoms with van der Waals surface area (Å²) in [6, 6.07) is 7.71. The van der Waals surface area contributed by atoms with E-state index in [4.69, 9.17) is 10.5 Å². The smallest absolute Gasteiger partial charge is 0.118 e. The third-order valence-corrected chi connectivity index (χ3v) is 2.28. The van der Waals surface area contributed by atoms with E-state index < -0.39 is 0 Å². The van der Waals surface area contributed by atoms with E-state index in [-0.39, 0.29) is 0 Å². The molecule has 1 heterocycles. The summed E-state index contributed by atoms with van der Waals surface area (Å²) in [5, 5.41) is 8.06. The SMILES string of the molecule is COc1ccc(-c2cn(CCN)nn2)cc1. The quantitative estimate of drug-likeness (QED) is 0.828. The second-order valence-corrected chi connectivity index (χ2v) is 3.38. The minimum atomic E-state index is 0.561. The Morgan fingerprint density at radius 3 is 2.69 bits per heavy atom. The van der Waals surface area contributed by atoms with Crippen LogP contribution in [0.25, 0.3) is 11.3 Å². The molecule has 2 rings (SSSR count). The van der Waals surface area contributed by atoms with Crippen LogP contribution >= 0.6 is 0 Å². The number of hydrogen-bond acceptors (Lipinski definition) is 4. The van der Waals surface area contributed by atoms with Gasteiger partial charge in [-0.25, -0.2) is 0 Å². The number of hydrogen-bond donors (Lipinski definition) is 1. The lowest BCUT2D eigenvalue weighted by atomic mass is 10.2. The molecule has 5 nitrogen and oxygen atoms in total. The van der Waals surface area contributed by atoms with Gasteiger partial charge in [0.05, 0.1) is 19.9 Å². The third kappa shape index (κ3) is 2.20. The highest BCUT2D eigenvalue weighted by molar-refractivity contribution is 5.58. The molecule has 16 heavy (non-hydrogen) atoms. The predicted molar refractivity (Wildman–Crippen MR) is 61.1 cm³/mol. The average Bonchev–Trinajstić information content (AvgIpc) is 2.78. The van der Waals surface area contributed by atoms with Crippen molar-refractivity contribution in [1.29, 1.82) is 0 Å². The van der Waals surface area contributed by atoms with Crippen molar-refractivity contribution in [2.24, 2.45) is 5.73 Å². The molecular formula is C11H14N4O. The molecule has 0 fully saturated rings. The molecule has 0 radical (unpaired) electrons. The zero-order valence-corrected chi connectivity index (χ0v) is 9.13. The maximum Gasteiger partial charge on any atom is 0.118 e. The van der Waals surface area contributed by atoms with Crippen LogP contribution in [0.3, 0.4) is 0 Å². The number of aromatic nitrogens is 3. The summed E-state index contributed by atoms with van der Waals surface area (Å²) in [5.41, 5.74) is 7.30. The molecular weight excluding hydrogens is 204 g/mol. The molecule has 0 atom stereocenters. The van der Waals surface area contributed by atoms with Crippen molar-refractivity contribution in [3.05, 3.63) is 30.5 Å². The van der Waals surface area contributed by atoms with Crippen LogP contribution in [-0.2, 0) is 6.54 Å². The lowest BCUT2D eigenvalue weighted by molar-refractivity contribution is 0.415. The first-order chi connectivity index (χ1) is 7.83. The Morgan fingerprint density at radius 2 is 2.06 bits per heavy atom. The Labute approximate surface area is 93.8 Å². The van der Waals surface area contributed by atoms with E-state index in [1.165, 1.54) is 0 Å². The van der Waals surface area contributed by atoms with Gasteiger partial charge in [-0.15, -0.1) is 5.10 Å². The summed E-state index contributed by atoms with van der Waals surface area (Å²) < 4.78 is 6.83. The van der Waals surface area contributed by atoms with Gasteiger partial charge in [0.25, 0.3) is 0 Å². The summed E-state index contributed by atoms with van der Waals surface area (Å²) in [7, 11) is 1.65. The van der Waals surface area contributed by atoms with Crippen molar-refractivity contribution in [1.82, 2.24) is 15.0 Å². The van der Waals surface area contributed by atoms with Crippen LogP contribution in [0, 0.1) is 0 Å². The van der Waals surface area contributed by atoms with E-state index in [2.05, 4.69) is 10.3 Å². The molecule has 0 saturated carbocycles. The Kier molecular flexibility index (Phi) is 3.16. The number of rotatable bonds is 4. The lowest BCUT2D eigenvalue weighted by Crippen LogP contribution is -2.10. The number of benzene rings is 1. The van der Waals surface area contributed by atoms with Gasteiger partial charge >= 0.3 is 0 Å². The van der Waals surface area contributed by atoms with Crippen molar-refractivity contribution >= 4 is 0 Å². The maximum absolute atomic E-state index is 5.44. The number of nitrogens with zero attached hydrogens (tertiary/aromatic N) is 3. The van der Waals surface area contributed by atoms with Gasteiger partial charge in [-0.3, -0.25) is 4.68 Å². The molecule has 1 aromatic carbocycles. The van der Waals surface area contributed by atoms with Crippen LogP contribution in [0.5, 0.6) is 5.75 Å². The van der Waals surface area contributed by atoms with E-state index in [0.29, 0.717) is 13.1 Å². The Balaban J connectivity index is 2.21. The molecule has 0 bridgehead atoms. The predicted octanol–water partition coefficient (Wildman–Crippen LogP) is 0.912. The molecule has 0 aliphatic carbocycles. The highest BCUT2D eigenvalue weighted by Crippen LogP contribution is 2.19. The molecule has 0 amide bonds. The number of ether oxygens (including phenoxy) is 1. The molecule has 0 saturated heterocycles. The van der Waals surface area contributed by atoms with Gasteiger partial charge in [0.15, 0.2) is 0 Å². The number of nitrogens with two attached hydrogens (primary N) is 1. The molecule has 0 aliphatic rings. The molecule has 5 heteroatoms. The van der Waals surface area contributed by atoms with Crippen molar-refractivity contribution < 1.29 is 4.74 Å². The highest BCUT2D eigenvalue weighted by Gasteiger charge is 2.03. The van der Waals surface area contributed by atoms with Crippen LogP contribution in [0.2, 0.25) is 0 Å². The van der Waals surface area contributed by atoms with Gasteiger partial charge in [0.2, 0.25) is 0 Å². The first-order valence-corrected chi connectivity index (χ1v) is 5.08. The zero-order valence-electron chi connectivity index (χ0n) is 9.13. The lowest BCUT2D eigenvalue weighted by Gasteiger charge is -1.99. The van der Waals surface area contributed by atoms with Crippen LogP contribution in [0.1, 0.15) is 0 Å². The fraction of sp³-hybridized carbons (Fsp3) is 0.273. The molecule has 0 aliphatic heterocycles. The maximum atomic E-state index is 5.44. The standard InChI is InChI=1S/C11H14N4O/c1-16-10-4-2-9(3-5-10)11-8-15(7-6-12)14-13-11/h2-5,8H,6-7,12H2,1H3. The summed E-state index contributed by atoms with van der Waals surface area (Å²) in [5.74, 6) is 0.832. The Bertz CT molecular complexity index is 449. The minimum absolute atomic E-state index is 0.561. The van der Waals surface area contributed by atoms with Gasteiger partial charge in [0, 0.05) is 12.1 Å². The zero-order chi connectivity index (χ0) is 11.4. The molecule has 1 aromatic heterocycles. The third-order valence-electron chi connectivity index (χ3n) is 2.28. The van der Waals surface area contributed by atoms with E-state index in [0.717, 1.165) is 17.0 Å². The summed E-state index contributed by atoms with van der Waals surface area (Å²) >= 11 is 0. The topological polar surface area (TPSA) is 66.0 Å². The molecule has 0 spiro atoms. The van der Waals surface area contributed by atoms with Crippen molar-refractivity contribution in [3.63, 3.8) is 0 Å². The highest BCUT2D eigenvalue weighted by atomic mass is 16.5. The first-order valence-electron chi connectivity index (χ1n) is 5.08. The summed E-state index contributed by atoms with van der Waals surface area (Å²) in [6.45, 7) is 1.24. The summed E-state index contributed by atoms with van der Waals surface area (Å²) in [6.07, 6.45) is 1.88. The molecule has 84 valence electrons. The average molecular weight is 218 g/mol. The van der Waals surface area contributed by atoms with E-state index in [9.17, 15) is 0 Å². The fourth-order valence-electron chi connectivity index (χ4n) is 1.43. The van der Waals surface area contributed by atoms with Crippen LogP contribution < -0.4 is 10.5 Å². The molecule has 2 N–H and O–H groups in total. The van der Waals surface area contributed by atoms with Gasteiger partial charge in [-0.2, -0.15) is 0 Å². The van der Waals surface area contributed by atoms with Gasteiger partial charge < -0.3 is 10.5 Å². The fourth-order valence-corrected chi connectivity index (χ4v) is 1.43. The Morgan fingerprint density at radius 1 is 1.31 bits per heavy atom. The van der Waals surface area contributed by atoms with Crippen molar-refractivity contribution in [2.45, 2.75) is 6.54 Å². The second kappa shape index (κ2) is 4.76. The van der Waals surface area contributed by atoms with E-state index >= 15 is 0 Å². The minimum Gasteiger partial charge on any atom is -0.497 e. The molecule has 0 unspecified atom stereocenters. The molecule has 2 aromatic rings. The summed E-state index contributed by atoms with van der Waals surface area (Å²) in [4.78, 5) is 0. The van der Waals surface area contributed by atoms with Gasteiger partial charge in [0.1, 0.15) is 11.4 Å². The normalized spacial score (nSPS) is 10.4. The first kappa shape index (κ1) is 10.6. The largest absolute Gasteiger partial charge is 0.497 e. The monoisotopic (exact) mass is 218 g/mol. The second-order valence-electron chi connectivity index (χ2n) is 3.38. The van der Waals surface area contributed by atoms with Gasteiger partial charge in [-0.05, 0) is 24.3 Å². The van der Waals surface area contributed by atoms with E-state index in [1.807, 2.05) is 30.5 Å². The van der Waals surface area contributed by atoms with Crippen LogP contribution in [-0.4, -0.2) is 28.6 Å². The van der Waals surface area contributed by atoms with Crippen LogP contribution in [0.15, 0.2) is 30.5 Å². The van der Waals surface area contributed by atoms with Crippen molar-refractivity contribution in [2.75, 3.05) is 13.7 Å². The van der Waals surface area contributed by atoms with Crippen molar-refractivity contribution in [3.8, 4) is 17.0 Å². The van der Waals surface area contributed by atoms with Crippen LogP contribution in [0.4, 0.5) is 0 Å².